The monoisotopic (exact) mass is 257 g/mol. The van der Waals surface area contributed by atoms with Gasteiger partial charge in [-0.3, -0.25) is 0 Å². The fourth-order valence-electron chi connectivity index (χ4n) is 2.00. The molecular formula is C15H19N3O. The van der Waals surface area contributed by atoms with E-state index in [-0.39, 0.29) is 0 Å². The maximum Gasteiger partial charge on any atom is 0.0627 e. The highest BCUT2D eigenvalue weighted by molar-refractivity contribution is 5.85. The second-order valence-electron chi connectivity index (χ2n) is 4.51. The summed E-state index contributed by atoms with van der Waals surface area (Å²) in [4.78, 5) is 0. The lowest BCUT2D eigenvalue weighted by Gasteiger charge is -2.12. The fraction of sp³-hybridized carbons (Fsp3) is 0.200. The minimum absolute atomic E-state index is 0.598. The average Bonchev–Trinajstić information content (AvgIpc) is 2.41. The maximum atomic E-state index is 6.06. The molecule has 4 heteroatoms. The molecule has 0 aliphatic rings. The number of hydrogen-bond donors (Lipinski definition) is 3. The quantitative estimate of drug-likeness (QED) is 0.733. The summed E-state index contributed by atoms with van der Waals surface area (Å²) in [6.45, 7) is 0.657. The number of hydrogen-bond acceptors (Lipinski definition) is 4. The van der Waals surface area contributed by atoms with Crippen molar-refractivity contribution in [1.29, 1.82) is 0 Å². The Labute approximate surface area is 113 Å². The molecule has 0 aromatic heterocycles. The van der Waals surface area contributed by atoms with Crippen molar-refractivity contribution in [2.75, 3.05) is 30.9 Å². The van der Waals surface area contributed by atoms with Gasteiger partial charge in [-0.25, -0.2) is 0 Å². The first-order chi connectivity index (χ1) is 9.11. The molecule has 19 heavy (non-hydrogen) atoms. The average molecular weight is 257 g/mol. The van der Waals surface area contributed by atoms with Crippen LogP contribution in [0.2, 0.25) is 0 Å². The summed E-state index contributed by atoms with van der Waals surface area (Å²) in [6.07, 6.45) is 0.808. The third kappa shape index (κ3) is 2.98. The van der Waals surface area contributed by atoms with E-state index >= 15 is 0 Å². The third-order valence-electron chi connectivity index (χ3n) is 3.09. The van der Waals surface area contributed by atoms with Crippen molar-refractivity contribution >= 4 is 17.1 Å². The highest BCUT2D eigenvalue weighted by Gasteiger charge is 2.08. The van der Waals surface area contributed by atoms with E-state index in [4.69, 9.17) is 21.9 Å². The molecule has 2 aromatic carbocycles. The molecule has 0 aliphatic carbocycles. The highest BCUT2D eigenvalue weighted by Crippen LogP contribution is 2.32. The van der Waals surface area contributed by atoms with Crippen LogP contribution in [0.4, 0.5) is 17.1 Å². The Hall–Kier alpha value is -2.20. The lowest BCUT2D eigenvalue weighted by molar-refractivity contribution is 0.202. The number of anilines is 3. The van der Waals surface area contributed by atoms with Gasteiger partial charge in [-0.1, -0.05) is 12.1 Å². The zero-order valence-electron chi connectivity index (χ0n) is 11.0. The van der Waals surface area contributed by atoms with Crippen molar-refractivity contribution < 1.29 is 4.74 Å². The molecule has 0 saturated carbocycles. The maximum absolute atomic E-state index is 6.06. The van der Waals surface area contributed by atoms with Crippen LogP contribution in [0.15, 0.2) is 36.4 Å². The van der Waals surface area contributed by atoms with Gasteiger partial charge in [0.25, 0.3) is 0 Å². The van der Waals surface area contributed by atoms with Crippen molar-refractivity contribution in [1.82, 2.24) is 0 Å². The molecule has 0 heterocycles. The Morgan fingerprint density at radius 2 is 1.68 bits per heavy atom. The zero-order chi connectivity index (χ0) is 13.8. The summed E-state index contributed by atoms with van der Waals surface area (Å²) in [7, 11) is 1.68. The molecule has 0 fully saturated rings. The first kappa shape index (κ1) is 13.2. The van der Waals surface area contributed by atoms with Crippen LogP contribution >= 0.6 is 0 Å². The Morgan fingerprint density at radius 3 is 2.32 bits per heavy atom. The van der Waals surface area contributed by atoms with E-state index in [0.29, 0.717) is 18.0 Å². The van der Waals surface area contributed by atoms with Gasteiger partial charge in [0.15, 0.2) is 0 Å². The molecule has 0 amide bonds. The molecular weight excluding hydrogens is 238 g/mol. The van der Waals surface area contributed by atoms with E-state index in [1.54, 1.807) is 7.11 Å². The SMILES string of the molecule is COCCc1cc(N)c(N)c(-c2ccc(N)cc2)c1. The molecule has 0 atom stereocenters. The Morgan fingerprint density at radius 1 is 1.00 bits per heavy atom. The molecule has 0 spiro atoms. The normalized spacial score (nSPS) is 10.6. The van der Waals surface area contributed by atoms with Crippen LogP contribution in [0.3, 0.4) is 0 Å². The van der Waals surface area contributed by atoms with Gasteiger partial charge in [0.05, 0.1) is 18.0 Å². The van der Waals surface area contributed by atoms with E-state index in [1.807, 2.05) is 30.3 Å². The van der Waals surface area contributed by atoms with Crippen LogP contribution in [0, 0.1) is 0 Å². The van der Waals surface area contributed by atoms with Gasteiger partial charge in [-0.05, 0) is 41.8 Å². The summed E-state index contributed by atoms with van der Waals surface area (Å²) >= 11 is 0. The van der Waals surface area contributed by atoms with Crippen LogP contribution < -0.4 is 17.2 Å². The Bertz CT molecular complexity index is 564. The van der Waals surface area contributed by atoms with Crippen LogP contribution in [0.25, 0.3) is 11.1 Å². The van der Waals surface area contributed by atoms with Gasteiger partial charge in [-0.2, -0.15) is 0 Å². The predicted molar refractivity (Wildman–Crippen MR) is 80.7 cm³/mol. The van der Waals surface area contributed by atoms with E-state index in [0.717, 1.165) is 28.8 Å². The standard InChI is InChI=1S/C15H19N3O/c1-19-7-6-10-8-13(15(18)14(17)9-10)11-2-4-12(16)5-3-11/h2-5,8-9H,6-7,16-18H2,1H3. The second-order valence-corrected chi connectivity index (χ2v) is 4.51. The second kappa shape index (κ2) is 5.63. The number of nitrogen functional groups attached to an aromatic ring is 3. The fourth-order valence-corrected chi connectivity index (χ4v) is 2.00. The highest BCUT2D eigenvalue weighted by atomic mass is 16.5. The van der Waals surface area contributed by atoms with Crippen LogP contribution in [-0.2, 0) is 11.2 Å². The summed E-state index contributed by atoms with van der Waals surface area (Å²) in [5, 5.41) is 0. The lowest BCUT2D eigenvalue weighted by Crippen LogP contribution is -2.02. The summed E-state index contributed by atoms with van der Waals surface area (Å²) < 4.78 is 5.09. The predicted octanol–water partition coefficient (Wildman–Crippen LogP) is 2.29. The number of methoxy groups -OCH3 is 1. The molecule has 6 N–H and O–H groups in total. The molecule has 2 rings (SSSR count). The van der Waals surface area contributed by atoms with Crippen LogP contribution in [0.1, 0.15) is 5.56 Å². The van der Waals surface area contributed by atoms with Gasteiger partial charge in [0, 0.05) is 18.4 Å². The van der Waals surface area contributed by atoms with Crippen LogP contribution in [0.5, 0.6) is 0 Å². The van der Waals surface area contributed by atoms with E-state index in [2.05, 4.69) is 6.07 Å². The molecule has 0 bridgehead atoms. The third-order valence-corrected chi connectivity index (χ3v) is 3.09. The van der Waals surface area contributed by atoms with Gasteiger partial charge in [-0.15, -0.1) is 0 Å². The molecule has 0 radical (unpaired) electrons. The lowest BCUT2D eigenvalue weighted by atomic mass is 9.98. The number of rotatable bonds is 4. The largest absolute Gasteiger partial charge is 0.399 e. The number of benzene rings is 2. The van der Waals surface area contributed by atoms with Gasteiger partial charge < -0.3 is 21.9 Å². The van der Waals surface area contributed by atoms with Crippen molar-refractivity contribution in [3.8, 4) is 11.1 Å². The molecule has 100 valence electrons. The minimum Gasteiger partial charge on any atom is -0.399 e. The van der Waals surface area contributed by atoms with Gasteiger partial charge in [0.2, 0.25) is 0 Å². The molecule has 0 saturated heterocycles. The topological polar surface area (TPSA) is 87.3 Å². The smallest absolute Gasteiger partial charge is 0.0627 e. The van der Waals surface area contributed by atoms with Crippen molar-refractivity contribution in [2.45, 2.75) is 6.42 Å². The minimum atomic E-state index is 0.598. The molecule has 0 unspecified atom stereocenters. The van der Waals surface area contributed by atoms with Crippen molar-refractivity contribution in [3.05, 3.63) is 42.0 Å². The molecule has 2 aromatic rings. The molecule has 0 aliphatic heterocycles. The number of ether oxygens (including phenoxy) is 1. The molecule has 4 nitrogen and oxygen atoms in total. The zero-order valence-corrected chi connectivity index (χ0v) is 11.0. The Balaban J connectivity index is 2.43. The van der Waals surface area contributed by atoms with E-state index in [1.165, 1.54) is 0 Å². The summed E-state index contributed by atoms with van der Waals surface area (Å²) in [5.74, 6) is 0. The van der Waals surface area contributed by atoms with Crippen LogP contribution in [-0.4, -0.2) is 13.7 Å². The first-order valence-corrected chi connectivity index (χ1v) is 6.14. The van der Waals surface area contributed by atoms with Crippen molar-refractivity contribution in [2.24, 2.45) is 0 Å². The first-order valence-electron chi connectivity index (χ1n) is 6.14. The van der Waals surface area contributed by atoms with Gasteiger partial charge >= 0.3 is 0 Å². The number of nitrogens with two attached hydrogens (primary N) is 3. The van der Waals surface area contributed by atoms with E-state index in [9.17, 15) is 0 Å². The van der Waals surface area contributed by atoms with Gasteiger partial charge in [0.1, 0.15) is 0 Å². The Kier molecular flexibility index (Phi) is 3.92. The summed E-state index contributed by atoms with van der Waals surface area (Å²) in [6, 6.07) is 11.5. The van der Waals surface area contributed by atoms with E-state index < -0.39 is 0 Å². The van der Waals surface area contributed by atoms with Crippen molar-refractivity contribution in [3.63, 3.8) is 0 Å². The summed E-state index contributed by atoms with van der Waals surface area (Å²) in [5.41, 5.74) is 22.7.